The van der Waals surface area contributed by atoms with Crippen molar-refractivity contribution in [2.75, 3.05) is 32.5 Å². The van der Waals surface area contributed by atoms with Crippen LogP contribution in [0.15, 0.2) is 0 Å². The molecule has 8 heteroatoms. The molecule has 0 radical (unpaired) electrons. The van der Waals surface area contributed by atoms with Crippen molar-refractivity contribution in [1.29, 1.82) is 0 Å². The minimum Gasteiger partial charge on any atom is -0.394 e. The summed E-state index contributed by atoms with van der Waals surface area (Å²) in [5.41, 5.74) is 0. The van der Waals surface area contributed by atoms with Crippen LogP contribution in [0.2, 0.25) is 0 Å². The van der Waals surface area contributed by atoms with Gasteiger partial charge in [-0.15, -0.1) is 0 Å². The van der Waals surface area contributed by atoms with Crippen LogP contribution in [0.25, 0.3) is 0 Å². The van der Waals surface area contributed by atoms with E-state index in [1.54, 1.807) is 0 Å². The van der Waals surface area contributed by atoms with Crippen molar-refractivity contribution < 1.29 is 23.4 Å². The molecule has 0 aromatic carbocycles. The summed E-state index contributed by atoms with van der Waals surface area (Å²) in [6, 6.07) is -0.274. The Hall–Kier alpha value is -0.250. The van der Waals surface area contributed by atoms with Gasteiger partial charge in [0.15, 0.2) is 0 Å². The number of aliphatic hydroxyl groups excluding tert-OH is 2. The third-order valence-electron chi connectivity index (χ3n) is 4.43. The maximum absolute atomic E-state index is 11.3. The van der Waals surface area contributed by atoms with Crippen molar-refractivity contribution in [3.63, 3.8) is 0 Å². The minimum absolute atomic E-state index is 0.114. The van der Waals surface area contributed by atoms with E-state index in [2.05, 4.69) is 16.5 Å². The van der Waals surface area contributed by atoms with E-state index in [9.17, 15) is 18.6 Å². The van der Waals surface area contributed by atoms with Crippen LogP contribution in [0.1, 0.15) is 19.8 Å². The van der Waals surface area contributed by atoms with Gasteiger partial charge in [-0.2, -0.15) is 0 Å². The number of nitrogens with zero attached hydrogens (tertiary/aromatic N) is 1. The molecule has 4 unspecified atom stereocenters. The number of ether oxygens (including phenoxy) is 1. The van der Waals surface area contributed by atoms with Gasteiger partial charge in [-0.05, 0) is 31.8 Å². The highest BCUT2D eigenvalue weighted by Crippen LogP contribution is 2.29. The highest BCUT2D eigenvalue weighted by atomic mass is 32.2. The van der Waals surface area contributed by atoms with Gasteiger partial charge in [-0.25, -0.2) is 13.1 Å². The fourth-order valence-corrected chi connectivity index (χ4v) is 3.62. The molecule has 2 heterocycles. The van der Waals surface area contributed by atoms with Crippen molar-refractivity contribution >= 4 is 10.0 Å². The van der Waals surface area contributed by atoms with Crippen LogP contribution in [-0.4, -0.2) is 80.4 Å². The van der Waals surface area contributed by atoms with Gasteiger partial charge in [-0.1, -0.05) is 6.92 Å². The van der Waals surface area contributed by atoms with E-state index in [1.807, 2.05) is 0 Å². The molecule has 0 aromatic heterocycles. The number of nitrogens with one attached hydrogen (secondary N) is 1. The van der Waals surface area contributed by atoms with Crippen molar-refractivity contribution in [2.45, 2.75) is 44.1 Å². The second-order valence-corrected chi connectivity index (χ2v) is 8.05. The van der Waals surface area contributed by atoms with E-state index >= 15 is 0 Å². The first kappa shape index (κ1) is 17.1. The van der Waals surface area contributed by atoms with E-state index in [0.717, 1.165) is 32.2 Å². The maximum Gasteiger partial charge on any atom is 0.208 e. The predicted octanol–water partition coefficient (Wildman–Crippen LogP) is -1.24. The van der Waals surface area contributed by atoms with Crippen molar-refractivity contribution in [3.05, 3.63) is 0 Å². The van der Waals surface area contributed by atoms with Gasteiger partial charge in [0, 0.05) is 6.54 Å². The first-order chi connectivity index (χ1) is 9.81. The zero-order valence-electron chi connectivity index (χ0n) is 12.6. The normalized spacial score (nSPS) is 36.2. The van der Waals surface area contributed by atoms with E-state index in [0.29, 0.717) is 5.92 Å². The third-order valence-corrected chi connectivity index (χ3v) is 5.12. The van der Waals surface area contributed by atoms with Crippen LogP contribution in [-0.2, 0) is 14.8 Å². The van der Waals surface area contributed by atoms with Crippen LogP contribution >= 0.6 is 0 Å². The monoisotopic (exact) mass is 322 g/mol. The van der Waals surface area contributed by atoms with E-state index in [1.165, 1.54) is 0 Å². The summed E-state index contributed by atoms with van der Waals surface area (Å²) in [4.78, 5) is 2.16. The Balaban J connectivity index is 2.05. The van der Waals surface area contributed by atoms with Gasteiger partial charge in [0.25, 0.3) is 0 Å². The molecule has 0 aromatic rings. The molecule has 2 rings (SSSR count). The second-order valence-electron chi connectivity index (χ2n) is 6.22. The Bertz CT molecular complexity index is 436. The molecule has 0 bridgehead atoms. The molecule has 2 aliphatic heterocycles. The van der Waals surface area contributed by atoms with E-state index in [-0.39, 0.29) is 19.2 Å². The molecule has 21 heavy (non-hydrogen) atoms. The predicted molar refractivity (Wildman–Crippen MR) is 78.4 cm³/mol. The van der Waals surface area contributed by atoms with Crippen molar-refractivity contribution in [2.24, 2.45) is 5.92 Å². The maximum atomic E-state index is 11.3. The van der Waals surface area contributed by atoms with Crippen molar-refractivity contribution in [1.82, 2.24) is 9.62 Å². The summed E-state index contributed by atoms with van der Waals surface area (Å²) in [5, 5.41) is 19.7. The summed E-state index contributed by atoms with van der Waals surface area (Å²) in [5.74, 6) is 0.668. The minimum atomic E-state index is -3.31. The largest absolute Gasteiger partial charge is 0.394 e. The second kappa shape index (κ2) is 6.89. The Morgan fingerprint density at radius 3 is 2.43 bits per heavy atom. The topological polar surface area (TPSA) is 99.1 Å². The van der Waals surface area contributed by atoms with Crippen LogP contribution in [0.3, 0.4) is 0 Å². The van der Waals surface area contributed by atoms with E-state index in [4.69, 9.17) is 4.74 Å². The summed E-state index contributed by atoms with van der Waals surface area (Å²) < 4.78 is 30.6. The fraction of sp³-hybridized carbons (Fsp3) is 1.00. The van der Waals surface area contributed by atoms with Gasteiger partial charge in [-0.3, -0.25) is 4.90 Å². The average Bonchev–Trinajstić information content (AvgIpc) is 2.73. The fourth-order valence-electron chi connectivity index (χ4n) is 3.16. The zero-order valence-corrected chi connectivity index (χ0v) is 13.4. The molecule has 4 atom stereocenters. The lowest BCUT2D eigenvalue weighted by molar-refractivity contribution is -0.0201. The average molecular weight is 322 g/mol. The summed E-state index contributed by atoms with van der Waals surface area (Å²) in [7, 11) is -3.31. The van der Waals surface area contributed by atoms with Crippen molar-refractivity contribution in [3.8, 4) is 0 Å². The lowest BCUT2D eigenvalue weighted by Gasteiger charge is -2.38. The van der Waals surface area contributed by atoms with Crippen LogP contribution in [0.5, 0.6) is 0 Å². The smallest absolute Gasteiger partial charge is 0.208 e. The van der Waals surface area contributed by atoms with Crippen LogP contribution in [0, 0.1) is 5.92 Å². The van der Waals surface area contributed by atoms with Gasteiger partial charge in [0.1, 0.15) is 12.2 Å². The molecule has 2 aliphatic rings. The Labute approximate surface area is 126 Å². The molecule has 0 spiro atoms. The summed E-state index contributed by atoms with van der Waals surface area (Å²) in [6.45, 7) is 3.78. The van der Waals surface area contributed by atoms with Crippen LogP contribution < -0.4 is 4.72 Å². The quantitative estimate of drug-likeness (QED) is 0.585. The van der Waals surface area contributed by atoms with Crippen LogP contribution in [0.4, 0.5) is 0 Å². The number of hydrogen-bond acceptors (Lipinski definition) is 6. The lowest BCUT2D eigenvalue weighted by atomic mass is 9.94. The molecule has 124 valence electrons. The number of hydrogen-bond donors (Lipinski definition) is 3. The first-order valence-electron chi connectivity index (χ1n) is 7.45. The number of piperidine rings is 1. The lowest BCUT2D eigenvalue weighted by Crippen LogP contribution is -2.53. The number of likely N-dealkylation sites (tertiary alicyclic amines) is 1. The van der Waals surface area contributed by atoms with Gasteiger partial charge in [0.2, 0.25) is 10.0 Å². The van der Waals surface area contributed by atoms with Gasteiger partial charge >= 0.3 is 0 Å². The molecule has 2 saturated heterocycles. The zero-order chi connectivity index (χ0) is 15.6. The SMILES string of the molecule is CC1CCN(C2C(CNS(C)(=O)=O)OC(CO)C2O)CC1. The molecule has 2 fully saturated rings. The molecule has 0 amide bonds. The molecular weight excluding hydrogens is 296 g/mol. The molecular formula is C13H26N2O5S. The molecule has 0 aliphatic carbocycles. The summed E-state index contributed by atoms with van der Waals surface area (Å²) >= 11 is 0. The highest BCUT2D eigenvalue weighted by molar-refractivity contribution is 7.88. The Morgan fingerprint density at radius 2 is 1.90 bits per heavy atom. The van der Waals surface area contributed by atoms with Gasteiger partial charge < -0.3 is 14.9 Å². The Morgan fingerprint density at radius 1 is 1.29 bits per heavy atom. The molecule has 3 N–H and O–H groups in total. The number of rotatable bonds is 5. The highest BCUT2D eigenvalue weighted by Gasteiger charge is 2.46. The summed E-state index contributed by atoms with van der Waals surface area (Å²) in [6.07, 6.45) is 1.31. The van der Waals surface area contributed by atoms with E-state index < -0.39 is 28.3 Å². The standard InChI is InChI=1S/C13H26N2O5S/c1-9-3-5-15(6-4-9)12-10(7-14-21(2,18)19)20-11(8-16)13(12)17/h9-14,16-17H,3-8H2,1-2H3. The Kier molecular flexibility index (Phi) is 5.61. The number of aliphatic hydroxyl groups is 2. The molecule has 7 nitrogen and oxygen atoms in total. The van der Waals surface area contributed by atoms with Gasteiger partial charge in [0.05, 0.1) is 25.0 Å². The molecule has 0 saturated carbocycles. The third kappa shape index (κ3) is 4.37. The first-order valence-corrected chi connectivity index (χ1v) is 9.34. The number of sulfonamides is 1.